The Labute approximate surface area is 156 Å². The second-order valence-corrected chi connectivity index (χ2v) is 9.64. The standard InChI is InChI=1S/C19H26F4O2S/c1-17(2,3)9-19(7,18(4,5)6)16(24)25-14-10(20)12(22)15(26-8)13(23)11(14)21/h9H2,1-8H3. The average Bonchev–Trinajstić information content (AvgIpc) is 2.47. The first kappa shape index (κ1) is 22.8. The number of rotatable bonds is 4. The van der Waals surface area contributed by atoms with Crippen LogP contribution in [-0.4, -0.2) is 12.2 Å². The summed E-state index contributed by atoms with van der Waals surface area (Å²) in [7, 11) is 0. The number of ether oxygens (including phenoxy) is 1. The van der Waals surface area contributed by atoms with Gasteiger partial charge in [0.05, 0.1) is 10.3 Å². The zero-order valence-corrected chi connectivity index (χ0v) is 17.3. The molecule has 0 saturated heterocycles. The van der Waals surface area contributed by atoms with E-state index < -0.39 is 50.7 Å². The summed E-state index contributed by atoms with van der Waals surface area (Å²) in [4.78, 5) is 12.0. The summed E-state index contributed by atoms with van der Waals surface area (Å²) >= 11 is 0.525. The second kappa shape index (κ2) is 7.41. The van der Waals surface area contributed by atoms with Gasteiger partial charge in [0.15, 0.2) is 11.6 Å². The predicted molar refractivity (Wildman–Crippen MR) is 95.3 cm³/mol. The lowest BCUT2D eigenvalue weighted by atomic mass is 9.61. The maximum absolute atomic E-state index is 14.2. The van der Waals surface area contributed by atoms with Gasteiger partial charge in [-0.05, 0) is 30.4 Å². The zero-order chi connectivity index (χ0) is 20.7. The van der Waals surface area contributed by atoms with E-state index >= 15 is 0 Å². The number of hydrogen-bond acceptors (Lipinski definition) is 3. The highest BCUT2D eigenvalue weighted by Crippen LogP contribution is 2.48. The van der Waals surface area contributed by atoms with Gasteiger partial charge in [0, 0.05) is 0 Å². The first-order chi connectivity index (χ1) is 11.6. The van der Waals surface area contributed by atoms with Crippen LogP contribution in [0.3, 0.4) is 0 Å². The van der Waals surface area contributed by atoms with Gasteiger partial charge in [-0.3, -0.25) is 4.79 Å². The molecule has 0 aromatic heterocycles. The molecule has 1 aromatic rings. The topological polar surface area (TPSA) is 26.3 Å². The lowest BCUT2D eigenvalue weighted by molar-refractivity contribution is -0.155. The average molecular weight is 394 g/mol. The van der Waals surface area contributed by atoms with Crippen molar-refractivity contribution in [3.63, 3.8) is 0 Å². The van der Waals surface area contributed by atoms with Crippen LogP contribution < -0.4 is 4.74 Å². The van der Waals surface area contributed by atoms with Crippen molar-refractivity contribution in [3.05, 3.63) is 23.3 Å². The van der Waals surface area contributed by atoms with Crippen LogP contribution in [0, 0.1) is 39.5 Å². The Kier molecular flexibility index (Phi) is 6.50. The van der Waals surface area contributed by atoms with Crippen LogP contribution in [0.15, 0.2) is 4.90 Å². The molecule has 0 radical (unpaired) electrons. The van der Waals surface area contributed by atoms with Gasteiger partial charge in [0.2, 0.25) is 17.4 Å². The number of esters is 1. The highest BCUT2D eigenvalue weighted by Gasteiger charge is 2.48. The molecule has 0 bridgehead atoms. The van der Waals surface area contributed by atoms with E-state index in [1.807, 2.05) is 20.8 Å². The van der Waals surface area contributed by atoms with Crippen LogP contribution in [-0.2, 0) is 4.79 Å². The number of carbonyl (C=O) groups excluding carboxylic acids is 1. The molecule has 1 aromatic carbocycles. The van der Waals surface area contributed by atoms with E-state index in [1.165, 1.54) is 6.26 Å². The fourth-order valence-electron chi connectivity index (χ4n) is 2.77. The van der Waals surface area contributed by atoms with Gasteiger partial charge in [0.25, 0.3) is 0 Å². The van der Waals surface area contributed by atoms with Gasteiger partial charge >= 0.3 is 5.97 Å². The minimum absolute atomic E-state index is 0.294. The first-order valence-corrected chi connectivity index (χ1v) is 9.41. The van der Waals surface area contributed by atoms with Crippen LogP contribution in [0.4, 0.5) is 17.6 Å². The minimum atomic E-state index is -1.71. The molecule has 2 nitrogen and oxygen atoms in total. The van der Waals surface area contributed by atoms with Gasteiger partial charge in [-0.2, -0.15) is 8.78 Å². The fourth-order valence-corrected chi connectivity index (χ4v) is 3.31. The lowest BCUT2D eigenvalue weighted by Gasteiger charge is -2.43. The van der Waals surface area contributed by atoms with Crippen molar-refractivity contribution in [3.8, 4) is 5.75 Å². The molecule has 0 heterocycles. The van der Waals surface area contributed by atoms with Gasteiger partial charge < -0.3 is 4.74 Å². The lowest BCUT2D eigenvalue weighted by Crippen LogP contribution is -2.45. The summed E-state index contributed by atoms with van der Waals surface area (Å²) in [6.45, 7) is 12.8. The molecular weight excluding hydrogens is 368 g/mol. The molecule has 0 fully saturated rings. The quantitative estimate of drug-likeness (QED) is 0.195. The Bertz CT molecular complexity index is 676. The summed E-state index contributed by atoms with van der Waals surface area (Å²) in [6, 6.07) is 0. The zero-order valence-electron chi connectivity index (χ0n) is 16.4. The largest absolute Gasteiger partial charge is 0.420 e. The van der Waals surface area contributed by atoms with E-state index in [-0.39, 0.29) is 5.41 Å². The number of hydrogen-bond donors (Lipinski definition) is 0. The van der Waals surface area contributed by atoms with Gasteiger partial charge in [0.1, 0.15) is 0 Å². The summed E-state index contributed by atoms with van der Waals surface area (Å²) in [6.07, 6.45) is 1.63. The van der Waals surface area contributed by atoms with Crippen molar-refractivity contribution in [2.75, 3.05) is 6.26 Å². The Hall–Kier alpha value is -1.24. The highest BCUT2D eigenvalue weighted by molar-refractivity contribution is 7.98. The molecule has 0 N–H and O–H groups in total. The summed E-state index contributed by atoms with van der Waals surface area (Å²) < 4.78 is 61.2. The van der Waals surface area contributed by atoms with Gasteiger partial charge in [-0.1, -0.05) is 41.5 Å². The molecule has 7 heteroatoms. The Morgan fingerprint density at radius 3 is 1.62 bits per heavy atom. The Balaban J connectivity index is 3.44. The molecule has 1 atom stereocenters. The molecule has 0 aliphatic heterocycles. The van der Waals surface area contributed by atoms with E-state index in [4.69, 9.17) is 4.74 Å². The van der Waals surface area contributed by atoms with Crippen molar-refractivity contribution in [1.82, 2.24) is 0 Å². The number of benzene rings is 1. The van der Waals surface area contributed by atoms with Crippen LogP contribution in [0.5, 0.6) is 5.75 Å². The third-order valence-corrected chi connectivity index (χ3v) is 5.34. The van der Waals surface area contributed by atoms with E-state index in [0.29, 0.717) is 18.2 Å². The molecule has 1 rings (SSSR count). The van der Waals surface area contributed by atoms with Gasteiger partial charge in [-0.15, -0.1) is 11.8 Å². The van der Waals surface area contributed by atoms with Crippen molar-refractivity contribution in [2.45, 2.75) is 59.8 Å². The highest BCUT2D eigenvalue weighted by atomic mass is 32.2. The van der Waals surface area contributed by atoms with Crippen molar-refractivity contribution in [1.29, 1.82) is 0 Å². The van der Waals surface area contributed by atoms with Crippen molar-refractivity contribution < 1.29 is 27.1 Å². The van der Waals surface area contributed by atoms with Crippen LogP contribution >= 0.6 is 11.8 Å². The maximum Gasteiger partial charge on any atom is 0.317 e. The normalized spacial score (nSPS) is 14.9. The molecule has 0 amide bonds. The van der Waals surface area contributed by atoms with Crippen molar-refractivity contribution >= 4 is 17.7 Å². The Morgan fingerprint density at radius 2 is 1.31 bits per heavy atom. The van der Waals surface area contributed by atoms with Crippen LogP contribution in [0.1, 0.15) is 54.9 Å². The van der Waals surface area contributed by atoms with E-state index in [1.54, 1.807) is 27.7 Å². The minimum Gasteiger partial charge on any atom is -0.420 e. The molecular formula is C19H26F4O2S. The second-order valence-electron chi connectivity index (χ2n) is 8.83. The third kappa shape index (κ3) is 4.35. The van der Waals surface area contributed by atoms with E-state index in [0.717, 1.165) is 0 Å². The monoisotopic (exact) mass is 394 g/mol. The number of thioether (sulfide) groups is 1. The Morgan fingerprint density at radius 1 is 0.885 bits per heavy atom. The van der Waals surface area contributed by atoms with Crippen LogP contribution in [0.2, 0.25) is 0 Å². The van der Waals surface area contributed by atoms with E-state index in [2.05, 4.69) is 0 Å². The SMILES string of the molecule is CSc1c(F)c(F)c(OC(=O)C(C)(CC(C)(C)C)C(C)(C)C)c(F)c1F. The number of halogens is 4. The predicted octanol–water partition coefficient (Wildman–Crippen LogP) is 6.36. The smallest absolute Gasteiger partial charge is 0.317 e. The number of carbonyl (C=O) groups is 1. The van der Waals surface area contributed by atoms with Crippen molar-refractivity contribution in [2.24, 2.45) is 16.2 Å². The fraction of sp³-hybridized carbons (Fsp3) is 0.632. The molecule has 0 aliphatic rings. The third-order valence-electron chi connectivity index (χ3n) is 4.57. The first-order valence-electron chi connectivity index (χ1n) is 8.19. The molecule has 26 heavy (non-hydrogen) atoms. The van der Waals surface area contributed by atoms with E-state index in [9.17, 15) is 22.4 Å². The summed E-state index contributed by atoms with van der Waals surface area (Å²) in [5, 5.41) is 0. The van der Waals surface area contributed by atoms with Crippen LogP contribution in [0.25, 0.3) is 0 Å². The molecule has 1 unspecified atom stereocenters. The van der Waals surface area contributed by atoms with Gasteiger partial charge in [-0.25, -0.2) is 8.78 Å². The summed E-state index contributed by atoms with van der Waals surface area (Å²) in [5.41, 5.74) is -2.06. The molecule has 148 valence electrons. The molecule has 0 saturated carbocycles. The molecule has 0 spiro atoms. The molecule has 0 aliphatic carbocycles. The summed E-state index contributed by atoms with van der Waals surface area (Å²) in [5.74, 6) is -8.86. The maximum atomic E-state index is 14.2.